The molecule has 0 spiro atoms. The van der Waals surface area contributed by atoms with Crippen LogP contribution in [0.1, 0.15) is 39.5 Å². The standard InChI is InChI=1S/C12H22O3S/c1-8(2)11(12(13)14)16-10-6-4-5-9(7-10)15-3/h8-11H,4-7H2,1-3H3,(H,13,14). The minimum Gasteiger partial charge on any atom is -0.480 e. The molecule has 16 heavy (non-hydrogen) atoms. The summed E-state index contributed by atoms with van der Waals surface area (Å²) in [4.78, 5) is 11.1. The van der Waals surface area contributed by atoms with Crippen molar-refractivity contribution in [2.24, 2.45) is 5.92 Å². The van der Waals surface area contributed by atoms with Gasteiger partial charge in [-0.25, -0.2) is 0 Å². The Morgan fingerprint density at radius 1 is 1.44 bits per heavy atom. The molecular weight excluding hydrogens is 224 g/mol. The van der Waals surface area contributed by atoms with E-state index in [-0.39, 0.29) is 11.2 Å². The summed E-state index contributed by atoms with van der Waals surface area (Å²) < 4.78 is 5.36. The molecule has 1 aliphatic rings. The molecule has 0 aromatic heterocycles. The Kier molecular flexibility index (Phi) is 5.62. The van der Waals surface area contributed by atoms with Crippen molar-refractivity contribution < 1.29 is 14.6 Å². The Balaban J connectivity index is 2.48. The first-order valence-electron chi connectivity index (χ1n) is 5.95. The number of thioether (sulfide) groups is 1. The zero-order valence-corrected chi connectivity index (χ0v) is 11.1. The number of methoxy groups -OCH3 is 1. The number of ether oxygens (including phenoxy) is 1. The molecule has 0 aromatic rings. The maximum atomic E-state index is 11.1. The van der Waals surface area contributed by atoms with E-state index < -0.39 is 5.97 Å². The fourth-order valence-corrected chi connectivity index (χ4v) is 3.62. The lowest BCUT2D eigenvalue weighted by Gasteiger charge is -2.30. The van der Waals surface area contributed by atoms with Crippen LogP contribution in [-0.2, 0) is 9.53 Å². The molecule has 3 unspecified atom stereocenters. The molecule has 1 fully saturated rings. The van der Waals surface area contributed by atoms with Gasteiger partial charge in [0.1, 0.15) is 5.25 Å². The quantitative estimate of drug-likeness (QED) is 0.810. The third kappa shape index (κ3) is 3.98. The van der Waals surface area contributed by atoms with Crippen LogP contribution in [0.4, 0.5) is 0 Å². The van der Waals surface area contributed by atoms with Crippen LogP contribution < -0.4 is 0 Å². The van der Waals surface area contributed by atoms with Gasteiger partial charge in [0.05, 0.1) is 6.10 Å². The van der Waals surface area contributed by atoms with E-state index in [4.69, 9.17) is 9.84 Å². The summed E-state index contributed by atoms with van der Waals surface area (Å²) in [6.07, 6.45) is 4.72. The Bertz CT molecular complexity index is 230. The molecule has 1 saturated carbocycles. The third-order valence-corrected chi connectivity index (χ3v) is 4.95. The predicted molar refractivity (Wildman–Crippen MR) is 66.9 cm³/mol. The first-order valence-corrected chi connectivity index (χ1v) is 6.90. The molecule has 0 aliphatic heterocycles. The topological polar surface area (TPSA) is 46.5 Å². The summed E-state index contributed by atoms with van der Waals surface area (Å²) in [5.74, 6) is -0.495. The molecule has 1 N–H and O–H groups in total. The van der Waals surface area contributed by atoms with E-state index in [2.05, 4.69) is 0 Å². The molecule has 1 rings (SSSR count). The first-order chi connectivity index (χ1) is 7.54. The summed E-state index contributed by atoms with van der Waals surface area (Å²) in [7, 11) is 1.74. The zero-order valence-electron chi connectivity index (χ0n) is 10.3. The smallest absolute Gasteiger partial charge is 0.316 e. The maximum absolute atomic E-state index is 11.1. The highest BCUT2D eigenvalue weighted by molar-refractivity contribution is 8.01. The second kappa shape index (κ2) is 6.50. The number of carboxylic acids is 1. The van der Waals surface area contributed by atoms with Crippen molar-refractivity contribution in [1.82, 2.24) is 0 Å². The summed E-state index contributed by atoms with van der Waals surface area (Å²) in [6.45, 7) is 3.95. The number of carbonyl (C=O) groups is 1. The third-order valence-electron chi connectivity index (χ3n) is 3.10. The van der Waals surface area contributed by atoms with Crippen LogP contribution >= 0.6 is 11.8 Å². The average Bonchev–Trinajstić information content (AvgIpc) is 2.25. The Hall–Kier alpha value is -0.220. The molecule has 0 saturated heterocycles. The van der Waals surface area contributed by atoms with Crippen molar-refractivity contribution in [3.8, 4) is 0 Å². The van der Waals surface area contributed by atoms with Crippen LogP contribution in [0.2, 0.25) is 0 Å². The fraction of sp³-hybridized carbons (Fsp3) is 0.917. The largest absolute Gasteiger partial charge is 0.480 e. The number of rotatable bonds is 5. The molecule has 94 valence electrons. The van der Waals surface area contributed by atoms with E-state index in [1.54, 1.807) is 18.9 Å². The SMILES string of the molecule is COC1CCCC(SC(C(=O)O)C(C)C)C1. The monoisotopic (exact) mass is 246 g/mol. The van der Waals surface area contributed by atoms with Gasteiger partial charge in [-0.05, 0) is 31.6 Å². The second-order valence-corrected chi connectivity index (χ2v) is 6.23. The van der Waals surface area contributed by atoms with Gasteiger partial charge in [-0.1, -0.05) is 13.8 Å². The molecule has 1 aliphatic carbocycles. The van der Waals surface area contributed by atoms with E-state index in [1.807, 2.05) is 13.8 Å². The van der Waals surface area contributed by atoms with Crippen molar-refractivity contribution in [1.29, 1.82) is 0 Å². The highest BCUT2D eigenvalue weighted by Gasteiger charge is 2.29. The molecular formula is C12H22O3S. The molecule has 0 heterocycles. The van der Waals surface area contributed by atoms with Crippen LogP contribution in [0.3, 0.4) is 0 Å². The van der Waals surface area contributed by atoms with E-state index in [0.29, 0.717) is 11.4 Å². The predicted octanol–water partition coefficient (Wildman–Crippen LogP) is 2.79. The second-order valence-electron chi connectivity index (χ2n) is 4.79. The molecule has 0 radical (unpaired) electrons. The van der Waals surface area contributed by atoms with Gasteiger partial charge >= 0.3 is 5.97 Å². The zero-order chi connectivity index (χ0) is 12.1. The van der Waals surface area contributed by atoms with Crippen molar-refractivity contribution in [3.63, 3.8) is 0 Å². The summed E-state index contributed by atoms with van der Waals surface area (Å²) in [6, 6.07) is 0. The lowest BCUT2D eigenvalue weighted by Crippen LogP contribution is -2.30. The van der Waals surface area contributed by atoms with E-state index in [9.17, 15) is 4.79 Å². The summed E-state index contributed by atoms with van der Waals surface area (Å²) in [5.41, 5.74) is 0. The van der Waals surface area contributed by atoms with Crippen LogP contribution in [0.15, 0.2) is 0 Å². The number of carboxylic acid groups (broad SMARTS) is 1. The number of hydrogen-bond donors (Lipinski definition) is 1. The molecule has 0 amide bonds. The van der Waals surface area contributed by atoms with Crippen molar-refractivity contribution >= 4 is 17.7 Å². The minimum atomic E-state index is -0.681. The van der Waals surface area contributed by atoms with Crippen LogP contribution in [0.5, 0.6) is 0 Å². The van der Waals surface area contributed by atoms with Gasteiger partial charge in [-0.15, -0.1) is 11.8 Å². The summed E-state index contributed by atoms with van der Waals surface area (Å²) in [5, 5.41) is 9.31. The van der Waals surface area contributed by atoms with E-state index in [1.165, 1.54) is 0 Å². The first kappa shape index (κ1) is 13.8. The van der Waals surface area contributed by atoms with Gasteiger partial charge in [-0.2, -0.15) is 0 Å². The highest BCUT2D eigenvalue weighted by atomic mass is 32.2. The maximum Gasteiger partial charge on any atom is 0.316 e. The van der Waals surface area contributed by atoms with Gasteiger partial charge in [0.15, 0.2) is 0 Å². The van der Waals surface area contributed by atoms with Gasteiger partial charge < -0.3 is 9.84 Å². The van der Waals surface area contributed by atoms with Gasteiger partial charge in [-0.3, -0.25) is 4.79 Å². The molecule has 0 aromatic carbocycles. The van der Waals surface area contributed by atoms with Gasteiger partial charge in [0.25, 0.3) is 0 Å². The molecule has 3 atom stereocenters. The highest BCUT2D eigenvalue weighted by Crippen LogP contribution is 2.34. The lowest BCUT2D eigenvalue weighted by atomic mass is 9.97. The normalized spacial score (nSPS) is 28.0. The summed E-state index contributed by atoms with van der Waals surface area (Å²) >= 11 is 1.62. The Morgan fingerprint density at radius 2 is 2.12 bits per heavy atom. The number of aliphatic carboxylic acids is 1. The van der Waals surface area contributed by atoms with Crippen LogP contribution in [0.25, 0.3) is 0 Å². The van der Waals surface area contributed by atoms with Gasteiger partial charge in [0.2, 0.25) is 0 Å². The molecule has 3 nitrogen and oxygen atoms in total. The Morgan fingerprint density at radius 3 is 2.62 bits per heavy atom. The van der Waals surface area contributed by atoms with Crippen molar-refractivity contribution in [2.45, 2.75) is 56.1 Å². The van der Waals surface area contributed by atoms with Crippen molar-refractivity contribution in [2.75, 3.05) is 7.11 Å². The van der Waals surface area contributed by atoms with E-state index >= 15 is 0 Å². The lowest BCUT2D eigenvalue weighted by molar-refractivity contribution is -0.137. The average molecular weight is 246 g/mol. The van der Waals surface area contributed by atoms with Crippen molar-refractivity contribution in [3.05, 3.63) is 0 Å². The molecule has 4 heteroatoms. The fourth-order valence-electron chi connectivity index (χ4n) is 2.15. The minimum absolute atomic E-state index is 0.186. The van der Waals surface area contributed by atoms with Gasteiger partial charge in [0, 0.05) is 12.4 Å². The van der Waals surface area contributed by atoms with Crippen LogP contribution in [-0.4, -0.2) is 34.8 Å². The van der Waals surface area contributed by atoms with E-state index in [0.717, 1.165) is 25.7 Å². The number of hydrogen-bond acceptors (Lipinski definition) is 3. The molecule has 0 bridgehead atoms. The Labute approximate surface area is 102 Å². The van der Waals surface area contributed by atoms with Crippen LogP contribution in [0, 0.1) is 5.92 Å².